The number of aromatic nitrogens is 1. The summed E-state index contributed by atoms with van der Waals surface area (Å²) in [6, 6.07) is 5.32. The van der Waals surface area contributed by atoms with E-state index in [4.69, 9.17) is 21.1 Å². The number of carbonyl (C=O) groups excluding carboxylic acids is 1. The third kappa shape index (κ3) is 4.33. The molecule has 0 spiro atoms. The molecule has 2 heterocycles. The molecule has 1 unspecified atom stereocenters. The number of halogens is 6. The van der Waals surface area contributed by atoms with Gasteiger partial charge < -0.3 is 14.8 Å². The zero-order chi connectivity index (χ0) is 20.5. The summed E-state index contributed by atoms with van der Waals surface area (Å²) in [6.07, 6.45) is -4.87. The Hall–Kier alpha value is -2.46. The first-order valence-corrected chi connectivity index (χ1v) is 8.22. The molecule has 2 aromatic rings. The number of nitrogens with one attached hydrogen (secondary N) is 1. The molecule has 0 bridgehead atoms. The third-order valence-corrected chi connectivity index (χ3v) is 4.06. The van der Waals surface area contributed by atoms with Gasteiger partial charge in [-0.2, -0.15) is 22.0 Å². The molecule has 1 aliphatic rings. The van der Waals surface area contributed by atoms with E-state index >= 15 is 0 Å². The van der Waals surface area contributed by atoms with Crippen LogP contribution in [0.3, 0.4) is 0 Å². The summed E-state index contributed by atoms with van der Waals surface area (Å²) in [5.41, 5.74) is -1.78. The molecule has 0 saturated carbocycles. The summed E-state index contributed by atoms with van der Waals surface area (Å²) in [7, 11) is 0. The average Bonchev–Trinajstić information content (AvgIpc) is 3.44. The molecular weight excluding hydrogens is 411 g/mol. The van der Waals surface area contributed by atoms with Crippen LogP contribution < -0.4 is 10.1 Å². The molecule has 1 aliphatic heterocycles. The number of hydrogen-bond donors (Lipinski definition) is 1. The van der Waals surface area contributed by atoms with Crippen LogP contribution in [0, 0.1) is 0 Å². The predicted octanol–water partition coefficient (Wildman–Crippen LogP) is 4.42. The number of rotatable bonds is 6. The maximum absolute atomic E-state index is 14.0. The topological polar surface area (TPSA) is 63.8 Å². The first kappa shape index (κ1) is 20.3. The van der Waals surface area contributed by atoms with Crippen molar-refractivity contribution in [3.63, 3.8) is 0 Å². The number of amides is 1. The van der Waals surface area contributed by atoms with Gasteiger partial charge in [-0.25, -0.2) is 4.98 Å². The summed E-state index contributed by atoms with van der Waals surface area (Å²) in [4.78, 5) is 15.9. The van der Waals surface area contributed by atoms with Crippen molar-refractivity contribution in [2.75, 3.05) is 18.5 Å². The van der Waals surface area contributed by atoms with Gasteiger partial charge in [0.25, 0.3) is 5.91 Å². The second kappa shape index (κ2) is 7.51. The largest absolute Gasteiger partial charge is 0.490 e. The van der Waals surface area contributed by atoms with Crippen molar-refractivity contribution in [1.82, 2.24) is 4.98 Å². The highest BCUT2D eigenvalue weighted by atomic mass is 35.5. The molecule has 3 rings (SSSR count). The number of pyridine rings is 1. The fourth-order valence-electron chi connectivity index (χ4n) is 2.23. The minimum atomic E-state index is -5.85. The summed E-state index contributed by atoms with van der Waals surface area (Å²) in [5, 5.41) is 2.08. The van der Waals surface area contributed by atoms with Crippen molar-refractivity contribution in [2.24, 2.45) is 0 Å². The van der Waals surface area contributed by atoms with Crippen LogP contribution in [-0.4, -0.2) is 36.4 Å². The van der Waals surface area contributed by atoms with Gasteiger partial charge in [-0.05, 0) is 30.3 Å². The molecule has 1 aromatic carbocycles. The number of hydrogen-bond acceptors (Lipinski definition) is 4. The fourth-order valence-corrected chi connectivity index (χ4v) is 2.44. The summed E-state index contributed by atoms with van der Waals surface area (Å²) >= 11 is 5.78. The first-order chi connectivity index (χ1) is 13.1. The Morgan fingerprint density at radius 1 is 1.29 bits per heavy atom. The standard InChI is InChI=1S/C17H12ClF5N2O3/c18-14-11(2-1-5-24-14)15(26)25-9-3-4-13(28-8-10-7-27-10)12(6-9)16(19,20)17(21,22)23/h1-6,10H,7-8H2,(H,25,26). The number of ether oxygens (including phenoxy) is 2. The van der Waals surface area contributed by atoms with Gasteiger partial charge in [-0.15, -0.1) is 0 Å². The lowest BCUT2D eigenvalue weighted by atomic mass is 10.1. The van der Waals surface area contributed by atoms with E-state index in [1.54, 1.807) is 0 Å². The Balaban J connectivity index is 1.91. The minimum Gasteiger partial charge on any atom is -0.490 e. The average molecular weight is 423 g/mol. The lowest BCUT2D eigenvalue weighted by molar-refractivity contribution is -0.289. The number of anilines is 1. The summed E-state index contributed by atoms with van der Waals surface area (Å²) < 4.78 is 76.5. The molecule has 1 amide bonds. The van der Waals surface area contributed by atoms with Gasteiger partial charge in [0.15, 0.2) is 0 Å². The van der Waals surface area contributed by atoms with Gasteiger partial charge >= 0.3 is 12.1 Å². The van der Waals surface area contributed by atoms with Crippen molar-refractivity contribution in [2.45, 2.75) is 18.2 Å². The highest BCUT2D eigenvalue weighted by molar-refractivity contribution is 6.33. The van der Waals surface area contributed by atoms with E-state index in [1.165, 1.54) is 18.3 Å². The van der Waals surface area contributed by atoms with Crippen molar-refractivity contribution in [1.29, 1.82) is 0 Å². The monoisotopic (exact) mass is 422 g/mol. The Morgan fingerprint density at radius 2 is 2.00 bits per heavy atom. The molecule has 1 atom stereocenters. The van der Waals surface area contributed by atoms with Crippen LogP contribution in [0.4, 0.5) is 27.6 Å². The number of alkyl halides is 5. The zero-order valence-electron chi connectivity index (χ0n) is 13.9. The second-order valence-electron chi connectivity index (χ2n) is 5.85. The predicted molar refractivity (Wildman–Crippen MR) is 88.8 cm³/mol. The van der Waals surface area contributed by atoms with Gasteiger partial charge in [0.05, 0.1) is 17.7 Å². The quantitative estimate of drug-likeness (QED) is 0.425. The molecule has 1 aromatic heterocycles. The van der Waals surface area contributed by atoms with Crippen LogP contribution in [0.1, 0.15) is 15.9 Å². The summed E-state index contributed by atoms with van der Waals surface area (Å²) in [6.45, 7) is 0.170. The van der Waals surface area contributed by atoms with Crippen molar-refractivity contribution >= 4 is 23.2 Å². The zero-order valence-corrected chi connectivity index (χ0v) is 14.7. The molecule has 5 nitrogen and oxygen atoms in total. The van der Waals surface area contributed by atoms with Crippen molar-refractivity contribution in [3.05, 3.63) is 52.8 Å². The lowest BCUT2D eigenvalue weighted by Gasteiger charge is -2.23. The number of epoxide rings is 1. The molecule has 1 N–H and O–H groups in total. The van der Waals surface area contributed by atoms with E-state index in [-0.39, 0.29) is 29.1 Å². The van der Waals surface area contributed by atoms with Gasteiger partial charge in [-0.1, -0.05) is 11.6 Å². The Bertz CT molecular complexity index is 887. The molecule has 28 heavy (non-hydrogen) atoms. The second-order valence-corrected chi connectivity index (χ2v) is 6.20. The number of nitrogens with zero attached hydrogens (tertiary/aromatic N) is 1. The van der Waals surface area contributed by atoms with E-state index in [9.17, 15) is 26.7 Å². The number of carbonyl (C=O) groups is 1. The highest BCUT2D eigenvalue weighted by Crippen LogP contribution is 2.48. The molecule has 11 heteroatoms. The van der Waals surface area contributed by atoms with Gasteiger partial charge in [-0.3, -0.25) is 4.79 Å². The maximum Gasteiger partial charge on any atom is 0.458 e. The SMILES string of the molecule is O=C(Nc1ccc(OCC2CO2)c(C(F)(F)C(F)(F)F)c1)c1cccnc1Cl. The van der Waals surface area contributed by atoms with Crippen LogP contribution in [0.5, 0.6) is 5.75 Å². The fraction of sp³-hybridized carbons (Fsp3) is 0.294. The van der Waals surface area contributed by atoms with E-state index in [1.807, 2.05) is 0 Å². The molecule has 0 radical (unpaired) electrons. The number of benzene rings is 1. The van der Waals surface area contributed by atoms with Crippen molar-refractivity contribution in [3.8, 4) is 5.75 Å². The van der Waals surface area contributed by atoms with Crippen molar-refractivity contribution < 1.29 is 36.2 Å². The third-order valence-electron chi connectivity index (χ3n) is 3.76. The van der Waals surface area contributed by atoms with Crippen LogP contribution in [0.25, 0.3) is 0 Å². The van der Waals surface area contributed by atoms with Crippen LogP contribution >= 0.6 is 11.6 Å². The summed E-state index contributed by atoms with van der Waals surface area (Å²) in [5.74, 6) is -6.67. The Morgan fingerprint density at radius 3 is 2.61 bits per heavy atom. The highest BCUT2D eigenvalue weighted by Gasteiger charge is 2.60. The van der Waals surface area contributed by atoms with Crippen LogP contribution in [0.15, 0.2) is 36.5 Å². The van der Waals surface area contributed by atoms with Gasteiger partial charge in [0.2, 0.25) is 0 Å². The van der Waals surface area contributed by atoms with Crippen LogP contribution in [-0.2, 0) is 10.7 Å². The molecule has 1 saturated heterocycles. The molecule has 1 fully saturated rings. The smallest absolute Gasteiger partial charge is 0.458 e. The van der Waals surface area contributed by atoms with E-state index in [0.717, 1.165) is 12.1 Å². The lowest BCUT2D eigenvalue weighted by Crippen LogP contribution is -2.34. The van der Waals surface area contributed by atoms with E-state index in [2.05, 4.69) is 10.3 Å². The van der Waals surface area contributed by atoms with E-state index < -0.39 is 29.3 Å². The molecular formula is C17H12ClF5N2O3. The molecule has 150 valence electrons. The van der Waals surface area contributed by atoms with Gasteiger partial charge in [0, 0.05) is 11.9 Å². The molecule has 0 aliphatic carbocycles. The van der Waals surface area contributed by atoms with Crippen LogP contribution in [0.2, 0.25) is 5.15 Å². The Labute approximate surface area is 160 Å². The normalized spacial score (nSPS) is 16.6. The minimum absolute atomic E-state index is 0.0699. The maximum atomic E-state index is 14.0. The van der Waals surface area contributed by atoms with E-state index in [0.29, 0.717) is 12.7 Å². The van der Waals surface area contributed by atoms with Gasteiger partial charge in [0.1, 0.15) is 23.6 Å². The Kier molecular flexibility index (Phi) is 5.44. The first-order valence-electron chi connectivity index (χ1n) is 7.85.